The van der Waals surface area contributed by atoms with Crippen LogP contribution in [0.1, 0.15) is 42.7 Å². The Labute approximate surface area is 305 Å². The summed E-state index contributed by atoms with van der Waals surface area (Å²) in [5, 5.41) is 12.1. The number of alkyl halides is 1. The number of piperazine rings is 1. The van der Waals surface area contributed by atoms with E-state index in [1.807, 2.05) is 12.1 Å². The van der Waals surface area contributed by atoms with Gasteiger partial charge in [0, 0.05) is 88.1 Å². The number of nitrogens with one attached hydrogen (secondary N) is 3. The van der Waals surface area contributed by atoms with Crippen LogP contribution in [-0.4, -0.2) is 105 Å². The fraction of sp³-hybridized carbons (Fsp3) is 0.395. The molecule has 2 atom stereocenters. The van der Waals surface area contributed by atoms with Crippen molar-refractivity contribution >= 4 is 34.7 Å². The Balaban J connectivity index is 0.000000167. The molecule has 2 unspecified atom stereocenters. The van der Waals surface area contributed by atoms with Gasteiger partial charge in [0.15, 0.2) is 11.5 Å². The molecule has 5 aromatic rings. The third kappa shape index (κ3) is 8.52. The van der Waals surface area contributed by atoms with Gasteiger partial charge in [0.25, 0.3) is 0 Å². The number of benzene rings is 2. The second kappa shape index (κ2) is 16.2. The van der Waals surface area contributed by atoms with E-state index < -0.39 is 17.8 Å². The number of H-pyrrole nitrogens is 1. The van der Waals surface area contributed by atoms with Gasteiger partial charge in [-0.05, 0) is 62.1 Å². The molecule has 3 aromatic heterocycles. The fourth-order valence-corrected chi connectivity index (χ4v) is 7.16. The van der Waals surface area contributed by atoms with Gasteiger partial charge in [-0.15, -0.1) is 0 Å². The lowest BCUT2D eigenvalue weighted by Gasteiger charge is -2.38. The van der Waals surface area contributed by atoms with Crippen LogP contribution in [0.15, 0.2) is 67.4 Å². The number of imidazole rings is 1. The minimum atomic E-state index is -0.649. The number of hydrogen-bond acceptors (Lipinski definition) is 9. The van der Waals surface area contributed by atoms with Crippen LogP contribution in [0.2, 0.25) is 0 Å². The van der Waals surface area contributed by atoms with E-state index in [-0.39, 0.29) is 23.3 Å². The SMILES string of the molecule is Cc1cc(-c2cnc(Nc3cn[nH]c3)c3nccn23)c(F)cc1F.O=C1CCC(c2ccc(N3CCN(CCN4CCCC(F)C4)CC3)cc2)C(=O)N1. The molecule has 6 heterocycles. The second-order valence-electron chi connectivity index (χ2n) is 13.8. The van der Waals surface area contributed by atoms with Crippen molar-refractivity contribution in [3.63, 3.8) is 0 Å². The number of anilines is 3. The van der Waals surface area contributed by atoms with Gasteiger partial charge >= 0.3 is 0 Å². The Hall–Kier alpha value is -5.28. The van der Waals surface area contributed by atoms with Crippen LogP contribution in [0.5, 0.6) is 0 Å². The molecule has 0 bridgehead atoms. The number of aromatic amines is 1. The minimum Gasteiger partial charge on any atom is -0.369 e. The molecule has 0 saturated carbocycles. The molecule has 15 heteroatoms. The van der Waals surface area contributed by atoms with E-state index in [1.54, 1.807) is 36.1 Å². The molecule has 2 aromatic carbocycles. The summed E-state index contributed by atoms with van der Waals surface area (Å²) in [5.41, 5.74) is 4.52. The average Bonchev–Trinajstić information content (AvgIpc) is 3.87. The number of nitrogens with zero attached hydrogens (tertiary/aromatic N) is 7. The molecule has 2 amide bonds. The number of aromatic nitrogens is 5. The minimum absolute atomic E-state index is 0.175. The van der Waals surface area contributed by atoms with Gasteiger partial charge in [-0.25, -0.2) is 23.1 Å². The van der Waals surface area contributed by atoms with Crippen LogP contribution in [-0.2, 0) is 9.59 Å². The van der Waals surface area contributed by atoms with Crippen LogP contribution in [0.3, 0.4) is 0 Å². The first-order chi connectivity index (χ1) is 25.7. The third-order valence-electron chi connectivity index (χ3n) is 10.2. The predicted molar refractivity (Wildman–Crippen MR) is 196 cm³/mol. The topological polar surface area (TPSA) is 127 Å². The Morgan fingerprint density at radius 3 is 2.45 bits per heavy atom. The molecular formula is C38H43F3N10O2. The number of carbonyl (C=O) groups is 2. The lowest BCUT2D eigenvalue weighted by molar-refractivity contribution is -0.134. The maximum absolute atomic E-state index is 14.2. The van der Waals surface area contributed by atoms with Crippen molar-refractivity contribution in [2.75, 3.05) is 62.6 Å². The highest BCUT2D eigenvalue weighted by Gasteiger charge is 2.28. The molecule has 53 heavy (non-hydrogen) atoms. The zero-order valence-electron chi connectivity index (χ0n) is 29.6. The highest BCUT2D eigenvalue weighted by atomic mass is 19.1. The van der Waals surface area contributed by atoms with Gasteiger partial charge in [-0.1, -0.05) is 12.1 Å². The smallest absolute Gasteiger partial charge is 0.234 e. The summed E-state index contributed by atoms with van der Waals surface area (Å²) in [6.07, 6.45) is 10.1. The highest BCUT2D eigenvalue weighted by Crippen LogP contribution is 2.29. The second-order valence-corrected chi connectivity index (χ2v) is 13.8. The van der Waals surface area contributed by atoms with E-state index in [0.717, 1.165) is 76.0 Å². The lowest BCUT2D eigenvalue weighted by Crippen LogP contribution is -2.49. The number of piperidine rings is 2. The molecule has 3 N–H and O–H groups in total. The number of halogens is 3. The summed E-state index contributed by atoms with van der Waals surface area (Å²) in [6, 6.07) is 10.6. The normalized spacial score (nSPS) is 19.9. The number of likely N-dealkylation sites (tertiary alicyclic amines) is 1. The number of amides is 2. The summed E-state index contributed by atoms with van der Waals surface area (Å²) in [5.74, 6) is -1.31. The molecule has 0 spiro atoms. The molecule has 3 saturated heterocycles. The summed E-state index contributed by atoms with van der Waals surface area (Å²) >= 11 is 0. The standard InChI is InChI=1S/C22H31FN4O2.C16H12F2N6/c23-18-2-1-9-26(16-18)11-10-25-12-14-27(15-13-25)19-5-3-17(4-6-19)20-7-8-21(28)24-22(20)29;1-9-4-11(13(18)5-12(9)17)14-8-20-15(16-19-2-3-24(14)16)23-10-6-21-22-7-10/h3-6,18,20H,1-2,7-16H2,(H,24,28,29);2-8H,1H3,(H,20,23)(H,21,22). The summed E-state index contributed by atoms with van der Waals surface area (Å²) < 4.78 is 43.0. The van der Waals surface area contributed by atoms with E-state index in [1.165, 1.54) is 18.0 Å². The van der Waals surface area contributed by atoms with Gasteiger partial charge in [-0.2, -0.15) is 5.10 Å². The van der Waals surface area contributed by atoms with Crippen molar-refractivity contribution in [2.45, 2.75) is 44.7 Å². The van der Waals surface area contributed by atoms with Crippen LogP contribution in [0.4, 0.5) is 30.4 Å². The number of rotatable bonds is 8. The van der Waals surface area contributed by atoms with Crippen LogP contribution in [0, 0.1) is 18.6 Å². The van der Waals surface area contributed by atoms with E-state index in [0.29, 0.717) is 42.1 Å². The van der Waals surface area contributed by atoms with E-state index in [9.17, 15) is 22.8 Å². The quantitative estimate of drug-likeness (QED) is 0.185. The first-order valence-electron chi connectivity index (χ1n) is 18.0. The van der Waals surface area contributed by atoms with Gasteiger partial charge in [0.05, 0.1) is 29.7 Å². The lowest BCUT2D eigenvalue weighted by atomic mass is 9.90. The predicted octanol–water partition coefficient (Wildman–Crippen LogP) is 5.21. The molecule has 3 fully saturated rings. The van der Waals surface area contributed by atoms with Crippen molar-refractivity contribution in [1.29, 1.82) is 0 Å². The van der Waals surface area contributed by atoms with Crippen LogP contribution >= 0.6 is 0 Å². The Kier molecular flexibility index (Phi) is 11.0. The largest absolute Gasteiger partial charge is 0.369 e. The van der Waals surface area contributed by atoms with E-state index in [2.05, 4.69) is 57.6 Å². The first kappa shape index (κ1) is 36.1. The fourth-order valence-electron chi connectivity index (χ4n) is 7.16. The summed E-state index contributed by atoms with van der Waals surface area (Å²) in [7, 11) is 0. The Morgan fingerprint density at radius 2 is 1.72 bits per heavy atom. The maximum Gasteiger partial charge on any atom is 0.234 e. The zero-order valence-corrected chi connectivity index (χ0v) is 29.6. The molecule has 12 nitrogen and oxygen atoms in total. The molecule has 8 rings (SSSR count). The summed E-state index contributed by atoms with van der Waals surface area (Å²) in [4.78, 5) is 39.1. The van der Waals surface area contributed by atoms with Crippen molar-refractivity contribution in [3.8, 4) is 11.3 Å². The first-order valence-corrected chi connectivity index (χ1v) is 18.0. The van der Waals surface area contributed by atoms with Crippen molar-refractivity contribution in [3.05, 3.63) is 90.1 Å². The van der Waals surface area contributed by atoms with Crippen molar-refractivity contribution in [2.24, 2.45) is 0 Å². The van der Waals surface area contributed by atoms with Gasteiger partial charge in [-0.3, -0.25) is 34.2 Å². The van der Waals surface area contributed by atoms with Crippen LogP contribution in [0.25, 0.3) is 16.9 Å². The Morgan fingerprint density at radius 1 is 0.925 bits per heavy atom. The van der Waals surface area contributed by atoms with Crippen molar-refractivity contribution < 1.29 is 22.8 Å². The molecule has 278 valence electrons. The summed E-state index contributed by atoms with van der Waals surface area (Å²) in [6.45, 7) is 9.16. The number of imide groups is 1. The average molecular weight is 729 g/mol. The molecule has 3 aliphatic rings. The van der Waals surface area contributed by atoms with E-state index in [4.69, 9.17) is 0 Å². The van der Waals surface area contributed by atoms with E-state index >= 15 is 0 Å². The molecule has 0 radical (unpaired) electrons. The monoisotopic (exact) mass is 728 g/mol. The number of hydrogen-bond donors (Lipinski definition) is 3. The molecular weight excluding hydrogens is 685 g/mol. The van der Waals surface area contributed by atoms with Crippen molar-refractivity contribution in [1.82, 2.24) is 39.7 Å². The third-order valence-corrected chi connectivity index (χ3v) is 10.2. The van der Waals surface area contributed by atoms with Gasteiger partial charge in [0.1, 0.15) is 17.8 Å². The number of fused-ring (bicyclic) bond motifs is 1. The Bertz CT molecular complexity index is 2030. The number of aryl methyl sites for hydroxylation is 1. The zero-order chi connectivity index (χ0) is 36.9. The molecule has 3 aliphatic heterocycles. The molecule has 0 aliphatic carbocycles. The number of carbonyl (C=O) groups excluding carboxylic acids is 2. The highest BCUT2D eigenvalue weighted by molar-refractivity contribution is 6.01. The van der Waals surface area contributed by atoms with Crippen LogP contribution < -0.4 is 15.5 Å². The van der Waals surface area contributed by atoms with Gasteiger partial charge < -0.3 is 10.2 Å². The van der Waals surface area contributed by atoms with Gasteiger partial charge in [0.2, 0.25) is 11.8 Å². The maximum atomic E-state index is 14.2.